The van der Waals surface area contributed by atoms with Crippen molar-refractivity contribution in [1.82, 2.24) is 4.90 Å². The van der Waals surface area contributed by atoms with Crippen LogP contribution in [0.25, 0.3) is 0 Å². The van der Waals surface area contributed by atoms with Crippen molar-refractivity contribution in [3.05, 3.63) is 16.8 Å². The molecule has 2 amide bonds. The van der Waals surface area contributed by atoms with Crippen molar-refractivity contribution >= 4 is 29.0 Å². The molecule has 16 heavy (non-hydrogen) atoms. The molecule has 0 aromatic carbocycles. The van der Waals surface area contributed by atoms with Crippen molar-refractivity contribution in [2.75, 3.05) is 11.9 Å². The number of urea groups is 1. The van der Waals surface area contributed by atoms with Gasteiger partial charge in [0.05, 0.1) is 5.69 Å². The number of carbonyl (C=O) groups excluding carboxylic acids is 1. The summed E-state index contributed by atoms with van der Waals surface area (Å²) in [7, 11) is 0. The van der Waals surface area contributed by atoms with Crippen molar-refractivity contribution in [2.45, 2.75) is 18.9 Å². The minimum Gasteiger partial charge on any atom is -0.480 e. The summed E-state index contributed by atoms with van der Waals surface area (Å²) < 4.78 is 0. The Bertz CT molecular complexity index is 391. The fourth-order valence-corrected chi connectivity index (χ4v) is 2.39. The molecule has 1 atom stereocenters. The van der Waals surface area contributed by atoms with Crippen LogP contribution < -0.4 is 5.32 Å². The molecule has 6 heteroatoms. The summed E-state index contributed by atoms with van der Waals surface area (Å²) in [4.78, 5) is 24.1. The molecule has 2 rings (SSSR count). The Hall–Kier alpha value is -1.56. The van der Waals surface area contributed by atoms with Crippen LogP contribution in [0.5, 0.6) is 0 Å². The van der Waals surface area contributed by atoms with E-state index in [1.54, 1.807) is 6.07 Å². The van der Waals surface area contributed by atoms with E-state index in [1.807, 2.05) is 10.8 Å². The third-order valence-electron chi connectivity index (χ3n) is 2.57. The molecule has 0 bridgehead atoms. The Morgan fingerprint density at radius 1 is 1.56 bits per heavy atom. The van der Waals surface area contributed by atoms with Gasteiger partial charge in [-0.15, -0.1) is 0 Å². The lowest BCUT2D eigenvalue weighted by Crippen LogP contribution is -2.42. The van der Waals surface area contributed by atoms with Crippen LogP contribution in [-0.4, -0.2) is 34.6 Å². The van der Waals surface area contributed by atoms with E-state index in [9.17, 15) is 9.59 Å². The second-order valence-electron chi connectivity index (χ2n) is 3.63. The number of nitrogens with one attached hydrogen (secondary N) is 1. The van der Waals surface area contributed by atoms with Crippen LogP contribution in [0.15, 0.2) is 16.8 Å². The number of hydrogen-bond acceptors (Lipinski definition) is 3. The lowest BCUT2D eigenvalue weighted by atomic mass is 10.2. The van der Waals surface area contributed by atoms with E-state index >= 15 is 0 Å². The van der Waals surface area contributed by atoms with Gasteiger partial charge in [0.15, 0.2) is 0 Å². The highest BCUT2D eigenvalue weighted by molar-refractivity contribution is 7.08. The molecule has 5 nitrogen and oxygen atoms in total. The van der Waals surface area contributed by atoms with Gasteiger partial charge in [-0.05, 0) is 24.3 Å². The fraction of sp³-hybridized carbons (Fsp3) is 0.400. The number of nitrogens with zero attached hydrogens (tertiary/aromatic N) is 1. The Morgan fingerprint density at radius 2 is 2.38 bits per heavy atom. The summed E-state index contributed by atoms with van der Waals surface area (Å²) in [5.74, 6) is -0.932. The third-order valence-corrected chi connectivity index (χ3v) is 3.25. The van der Waals surface area contributed by atoms with Crippen molar-refractivity contribution in [1.29, 1.82) is 0 Å². The Labute approximate surface area is 96.7 Å². The van der Waals surface area contributed by atoms with Crippen LogP contribution in [0.4, 0.5) is 10.5 Å². The molecule has 1 aromatic heterocycles. The van der Waals surface area contributed by atoms with Gasteiger partial charge < -0.3 is 15.3 Å². The molecule has 1 saturated heterocycles. The van der Waals surface area contributed by atoms with Crippen molar-refractivity contribution < 1.29 is 14.7 Å². The number of likely N-dealkylation sites (tertiary alicyclic amines) is 1. The summed E-state index contributed by atoms with van der Waals surface area (Å²) >= 11 is 1.48. The zero-order chi connectivity index (χ0) is 11.5. The predicted molar refractivity (Wildman–Crippen MR) is 60.7 cm³/mol. The minimum atomic E-state index is -0.932. The lowest BCUT2D eigenvalue weighted by Gasteiger charge is -2.21. The summed E-state index contributed by atoms with van der Waals surface area (Å²) in [6, 6.07) is 0.774. The van der Waals surface area contributed by atoms with Crippen molar-refractivity contribution in [3.63, 3.8) is 0 Å². The Morgan fingerprint density at radius 3 is 3.00 bits per heavy atom. The van der Waals surface area contributed by atoms with Gasteiger partial charge in [0, 0.05) is 11.9 Å². The highest BCUT2D eigenvalue weighted by Crippen LogP contribution is 2.19. The first kappa shape index (κ1) is 10.9. The molecule has 0 spiro atoms. The second-order valence-corrected chi connectivity index (χ2v) is 4.41. The topological polar surface area (TPSA) is 69.6 Å². The number of carboxylic acid groups (broad SMARTS) is 1. The van der Waals surface area contributed by atoms with Gasteiger partial charge in [-0.1, -0.05) is 0 Å². The largest absolute Gasteiger partial charge is 0.480 e. The normalized spacial score (nSPS) is 19.8. The maximum absolute atomic E-state index is 11.8. The minimum absolute atomic E-state index is 0.330. The zero-order valence-electron chi connectivity index (χ0n) is 8.55. The first-order valence-corrected chi connectivity index (χ1v) is 5.95. The van der Waals surface area contributed by atoms with Crippen molar-refractivity contribution in [2.24, 2.45) is 0 Å². The van der Waals surface area contributed by atoms with Gasteiger partial charge in [-0.25, -0.2) is 9.59 Å². The van der Waals surface area contributed by atoms with Crippen LogP contribution in [-0.2, 0) is 4.79 Å². The number of aliphatic carboxylic acids is 1. The van der Waals surface area contributed by atoms with Gasteiger partial charge >= 0.3 is 12.0 Å². The number of carboxylic acids is 1. The van der Waals surface area contributed by atoms with Gasteiger partial charge in [0.2, 0.25) is 0 Å². The summed E-state index contributed by atoms with van der Waals surface area (Å²) in [5, 5.41) is 15.3. The quantitative estimate of drug-likeness (QED) is 0.828. The Kier molecular flexibility index (Phi) is 3.09. The summed E-state index contributed by atoms with van der Waals surface area (Å²) in [6.07, 6.45) is 1.28. The molecule has 0 unspecified atom stereocenters. The molecule has 0 radical (unpaired) electrons. The van der Waals surface area contributed by atoms with Crippen LogP contribution in [0.1, 0.15) is 12.8 Å². The van der Waals surface area contributed by atoms with Gasteiger partial charge in [-0.3, -0.25) is 0 Å². The number of thiophene rings is 1. The zero-order valence-corrected chi connectivity index (χ0v) is 9.37. The van der Waals surface area contributed by atoms with E-state index in [2.05, 4.69) is 5.32 Å². The smallest absolute Gasteiger partial charge is 0.326 e. The van der Waals surface area contributed by atoms with Crippen LogP contribution in [0.2, 0.25) is 0 Å². The first-order chi connectivity index (χ1) is 7.68. The first-order valence-electron chi connectivity index (χ1n) is 5.01. The molecule has 1 aliphatic rings. The summed E-state index contributed by atoms with van der Waals surface area (Å²) in [6.45, 7) is 0.507. The van der Waals surface area contributed by atoms with E-state index in [1.165, 1.54) is 16.2 Å². The highest BCUT2D eigenvalue weighted by atomic mass is 32.1. The molecule has 86 valence electrons. The predicted octanol–water partition coefficient (Wildman–Crippen LogP) is 1.83. The molecule has 0 saturated carbocycles. The average Bonchev–Trinajstić information content (AvgIpc) is 2.86. The molecule has 0 aliphatic carbocycles. The van der Waals surface area contributed by atoms with Gasteiger partial charge in [0.25, 0.3) is 0 Å². The number of amides is 2. The lowest BCUT2D eigenvalue weighted by molar-refractivity contribution is -0.141. The van der Waals surface area contributed by atoms with E-state index in [4.69, 9.17) is 5.11 Å². The fourth-order valence-electron chi connectivity index (χ4n) is 1.80. The third kappa shape index (κ3) is 2.16. The van der Waals surface area contributed by atoms with E-state index in [-0.39, 0.29) is 6.03 Å². The molecule has 1 aromatic rings. The SMILES string of the molecule is O=C(O)[C@H]1CCCN1C(=O)Nc1ccsc1. The maximum atomic E-state index is 11.8. The number of carbonyl (C=O) groups is 2. The average molecular weight is 240 g/mol. The van der Waals surface area contributed by atoms with Gasteiger partial charge in [-0.2, -0.15) is 11.3 Å². The highest BCUT2D eigenvalue weighted by Gasteiger charge is 2.33. The van der Waals surface area contributed by atoms with Crippen LogP contribution in [0, 0.1) is 0 Å². The van der Waals surface area contributed by atoms with E-state index in [0.717, 1.165) is 6.42 Å². The molecular weight excluding hydrogens is 228 g/mol. The standard InChI is InChI=1S/C10H12N2O3S/c13-9(14)8-2-1-4-12(8)10(15)11-7-3-5-16-6-7/h3,5-6,8H,1-2,4H2,(H,11,15)(H,13,14)/t8-/m1/s1. The van der Waals surface area contributed by atoms with E-state index in [0.29, 0.717) is 18.7 Å². The number of hydrogen-bond donors (Lipinski definition) is 2. The maximum Gasteiger partial charge on any atom is 0.326 e. The van der Waals surface area contributed by atoms with Gasteiger partial charge in [0.1, 0.15) is 6.04 Å². The Balaban J connectivity index is 2.01. The molecule has 2 N–H and O–H groups in total. The number of rotatable bonds is 2. The monoisotopic (exact) mass is 240 g/mol. The molecular formula is C10H12N2O3S. The van der Waals surface area contributed by atoms with E-state index < -0.39 is 12.0 Å². The molecule has 2 heterocycles. The van der Waals surface area contributed by atoms with Crippen LogP contribution >= 0.6 is 11.3 Å². The molecule has 1 fully saturated rings. The van der Waals surface area contributed by atoms with Crippen molar-refractivity contribution in [3.8, 4) is 0 Å². The second kappa shape index (κ2) is 4.52. The van der Waals surface area contributed by atoms with Crippen LogP contribution in [0.3, 0.4) is 0 Å². The number of anilines is 1. The summed E-state index contributed by atoms with van der Waals surface area (Å²) in [5.41, 5.74) is 0.714. The molecule has 1 aliphatic heterocycles.